The second-order valence-corrected chi connectivity index (χ2v) is 4.66. The van der Waals surface area contributed by atoms with Crippen LogP contribution >= 0.6 is 0 Å². The Bertz CT molecular complexity index is 496. The summed E-state index contributed by atoms with van der Waals surface area (Å²) >= 11 is 0. The van der Waals surface area contributed by atoms with Gasteiger partial charge in [0, 0.05) is 25.2 Å². The third-order valence-corrected chi connectivity index (χ3v) is 2.82. The van der Waals surface area contributed by atoms with E-state index < -0.39 is 6.10 Å². The molecule has 0 saturated heterocycles. The van der Waals surface area contributed by atoms with Crippen LogP contribution in [0.2, 0.25) is 0 Å². The minimum Gasteiger partial charge on any atom is -0.388 e. The van der Waals surface area contributed by atoms with Crippen LogP contribution in [0.4, 0.5) is 0 Å². The summed E-state index contributed by atoms with van der Waals surface area (Å²) in [5.74, 6) is 0. The lowest BCUT2D eigenvalue weighted by Crippen LogP contribution is -2.01. The Hall–Kier alpha value is -1.61. The Balaban J connectivity index is 2.15. The first-order chi connectivity index (χ1) is 8.04. The second kappa shape index (κ2) is 4.72. The summed E-state index contributed by atoms with van der Waals surface area (Å²) in [6.07, 6.45) is 3.72. The lowest BCUT2D eigenvalue weighted by Gasteiger charge is -2.10. The van der Waals surface area contributed by atoms with Gasteiger partial charge in [0.15, 0.2) is 0 Å². The maximum atomic E-state index is 10.1. The fourth-order valence-corrected chi connectivity index (χ4v) is 2.14. The molecule has 90 valence electrons. The van der Waals surface area contributed by atoms with Crippen molar-refractivity contribution < 1.29 is 5.11 Å². The molecule has 3 heteroatoms. The normalized spacial score (nSPS) is 12.7. The number of nitrogens with zero attached hydrogens (tertiary/aromatic N) is 2. The molecule has 0 fully saturated rings. The van der Waals surface area contributed by atoms with Gasteiger partial charge in [-0.3, -0.25) is 4.68 Å². The Morgan fingerprint density at radius 3 is 2.41 bits per heavy atom. The van der Waals surface area contributed by atoms with Crippen molar-refractivity contribution in [2.75, 3.05) is 0 Å². The van der Waals surface area contributed by atoms with Gasteiger partial charge in [-0.05, 0) is 19.4 Å². The first-order valence-electron chi connectivity index (χ1n) is 5.78. The molecule has 0 bridgehead atoms. The Kier molecular flexibility index (Phi) is 3.29. The summed E-state index contributed by atoms with van der Waals surface area (Å²) < 4.78 is 1.71. The molecule has 17 heavy (non-hydrogen) atoms. The van der Waals surface area contributed by atoms with E-state index in [4.69, 9.17) is 0 Å². The van der Waals surface area contributed by atoms with Crippen molar-refractivity contribution >= 4 is 0 Å². The van der Waals surface area contributed by atoms with Crippen LogP contribution in [0.25, 0.3) is 0 Å². The second-order valence-electron chi connectivity index (χ2n) is 4.66. The molecular formula is C14H18N2O. The molecule has 2 aromatic rings. The van der Waals surface area contributed by atoms with E-state index in [9.17, 15) is 5.11 Å². The number of aliphatic hydroxyl groups is 1. The van der Waals surface area contributed by atoms with E-state index >= 15 is 0 Å². The van der Waals surface area contributed by atoms with Gasteiger partial charge in [-0.15, -0.1) is 0 Å². The Labute approximate surface area is 102 Å². The lowest BCUT2D eigenvalue weighted by atomic mass is 10.0. The molecule has 1 heterocycles. The first kappa shape index (κ1) is 11.9. The zero-order valence-corrected chi connectivity index (χ0v) is 10.5. The molecule has 1 unspecified atom stereocenters. The summed E-state index contributed by atoms with van der Waals surface area (Å²) in [6, 6.07) is 6.37. The van der Waals surface area contributed by atoms with E-state index in [-0.39, 0.29) is 0 Å². The van der Waals surface area contributed by atoms with E-state index in [1.165, 1.54) is 16.7 Å². The maximum Gasteiger partial charge on any atom is 0.0860 e. The van der Waals surface area contributed by atoms with Crippen molar-refractivity contribution in [3.63, 3.8) is 0 Å². The number of benzene rings is 1. The topological polar surface area (TPSA) is 38.1 Å². The average molecular weight is 230 g/mol. The van der Waals surface area contributed by atoms with Crippen molar-refractivity contribution in [3.05, 3.63) is 52.8 Å². The standard InChI is InChI=1S/C14H18N2O/c1-10-4-11(2)6-12(5-10)7-14(17)13-8-15-16(3)9-13/h4-6,8-9,14,17H,7H2,1-3H3. The number of aryl methyl sites for hydroxylation is 3. The van der Waals surface area contributed by atoms with E-state index in [0.29, 0.717) is 6.42 Å². The molecule has 1 aromatic heterocycles. The summed E-state index contributed by atoms with van der Waals surface area (Å²) in [7, 11) is 1.85. The highest BCUT2D eigenvalue weighted by atomic mass is 16.3. The van der Waals surface area contributed by atoms with Crippen LogP contribution in [0.5, 0.6) is 0 Å². The molecule has 1 aromatic carbocycles. The van der Waals surface area contributed by atoms with Crippen LogP contribution < -0.4 is 0 Å². The molecule has 0 radical (unpaired) electrons. The van der Waals surface area contributed by atoms with Crippen LogP contribution in [0.1, 0.15) is 28.4 Å². The number of hydrogen-bond donors (Lipinski definition) is 1. The predicted molar refractivity (Wildman–Crippen MR) is 67.8 cm³/mol. The zero-order chi connectivity index (χ0) is 12.4. The third kappa shape index (κ3) is 2.94. The van der Waals surface area contributed by atoms with Gasteiger partial charge in [0.2, 0.25) is 0 Å². The van der Waals surface area contributed by atoms with E-state index in [1.807, 2.05) is 13.2 Å². The quantitative estimate of drug-likeness (QED) is 0.878. The summed E-state index contributed by atoms with van der Waals surface area (Å²) in [4.78, 5) is 0. The minimum atomic E-state index is -0.482. The molecular weight excluding hydrogens is 212 g/mol. The Morgan fingerprint density at radius 2 is 1.88 bits per heavy atom. The minimum absolute atomic E-state index is 0.482. The molecule has 0 aliphatic rings. The maximum absolute atomic E-state index is 10.1. The van der Waals surface area contributed by atoms with Gasteiger partial charge in [-0.1, -0.05) is 29.3 Å². The van der Waals surface area contributed by atoms with Gasteiger partial charge in [0.1, 0.15) is 0 Å². The van der Waals surface area contributed by atoms with E-state index in [1.54, 1.807) is 10.9 Å². The molecule has 3 nitrogen and oxygen atoms in total. The molecule has 1 N–H and O–H groups in total. The van der Waals surface area contributed by atoms with Gasteiger partial charge in [-0.2, -0.15) is 5.10 Å². The summed E-state index contributed by atoms with van der Waals surface area (Å²) in [6.45, 7) is 4.15. The molecule has 0 saturated carbocycles. The van der Waals surface area contributed by atoms with Crippen LogP contribution in [0.15, 0.2) is 30.6 Å². The van der Waals surface area contributed by atoms with Gasteiger partial charge in [0.25, 0.3) is 0 Å². The van der Waals surface area contributed by atoms with Gasteiger partial charge < -0.3 is 5.11 Å². The highest BCUT2D eigenvalue weighted by Gasteiger charge is 2.10. The highest BCUT2D eigenvalue weighted by molar-refractivity contribution is 5.29. The predicted octanol–water partition coefficient (Wildman–Crippen LogP) is 2.31. The van der Waals surface area contributed by atoms with Crippen molar-refractivity contribution in [2.45, 2.75) is 26.4 Å². The summed E-state index contributed by atoms with van der Waals surface area (Å²) in [5.41, 5.74) is 4.50. The molecule has 0 spiro atoms. The Morgan fingerprint density at radius 1 is 1.24 bits per heavy atom. The smallest absolute Gasteiger partial charge is 0.0860 e. The largest absolute Gasteiger partial charge is 0.388 e. The van der Waals surface area contributed by atoms with Crippen molar-refractivity contribution in [1.82, 2.24) is 9.78 Å². The molecule has 1 atom stereocenters. The number of aliphatic hydroxyl groups excluding tert-OH is 1. The van der Waals surface area contributed by atoms with E-state index in [2.05, 4.69) is 37.1 Å². The van der Waals surface area contributed by atoms with Gasteiger partial charge in [0.05, 0.1) is 12.3 Å². The summed E-state index contributed by atoms with van der Waals surface area (Å²) in [5, 5.41) is 14.2. The first-order valence-corrected chi connectivity index (χ1v) is 5.78. The molecule has 0 aliphatic carbocycles. The van der Waals surface area contributed by atoms with Crippen LogP contribution in [-0.4, -0.2) is 14.9 Å². The van der Waals surface area contributed by atoms with Crippen LogP contribution in [-0.2, 0) is 13.5 Å². The van der Waals surface area contributed by atoms with Gasteiger partial charge in [-0.25, -0.2) is 0 Å². The fraction of sp³-hybridized carbons (Fsp3) is 0.357. The number of rotatable bonds is 3. The molecule has 2 rings (SSSR count). The SMILES string of the molecule is Cc1cc(C)cc(CC(O)c2cnn(C)c2)c1. The van der Waals surface area contributed by atoms with Crippen molar-refractivity contribution in [2.24, 2.45) is 7.05 Å². The monoisotopic (exact) mass is 230 g/mol. The third-order valence-electron chi connectivity index (χ3n) is 2.82. The zero-order valence-electron chi connectivity index (χ0n) is 10.5. The van der Waals surface area contributed by atoms with E-state index in [0.717, 1.165) is 5.56 Å². The van der Waals surface area contributed by atoms with Crippen LogP contribution in [0.3, 0.4) is 0 Å². The average Bonchev–Trinajstić information content (AvgIpc) is 2.63. The lowest BCUT2D eigenvalue weighted by molar-refractivity contribution is 0.178. The number of hydrogen-bond acceptors (Lipinski definition) is 2. The highest BCUT2D eigenvalue weighted by Crippen LogP contribution is 2.19. The fourth-order valence-electron chi connectivity index (χ4n) is 2.14. The van der Waals surface area contributed by atoms with Crippen molar-refractivity contribution in [3.8, 4) is 0 Å². The molecule has 0 amide bonds. The van der Waals surface area contributed by atoms with Crippen LogP contribution in [0, 0.1) is 13.8 Å². The molecule has 0 aliphatic heterocycles. The van der Waals surface area contributed by atoms with Crippen molar-refractivity contribution in [1.29, 1.82) is 0 Å². The van der Waals surface area contributed by atoms with Gasteiger partial charge >= 0.3 is 0 Å². The number of aromatic nitrogens is 2.